The number of pyridine rings is 2. The van der Waals surface area contributed by atoms with Gasteiger partial charge in [0.25, 0.3) is 0 Å². The van der Waals surface area contributed by atoms with Gasteiger partial charge in [0, 0.05) is 23.5 Å². The molecule has 4 rings (SSSR count). The van der Waals surface area contributed by atoms with Crippen molar-refractivity contribution < 1.29 is 4.79 Å². The largest absolute Gasteiger partial charge is 0.324 e. The number of nitrogens with zero attached hydrogens (tertiary/aromatic N) is 2. The minimum atomic E-state index is 0.0615. The summed E-state index contributed by atoms with van der Waals surface area (Å²) in [5.41, 5.74) is 4.15. The van der Waals surface area contributed by atoms with E-state index in [0.717, 1.165) is 23.5 Å². The van der Waals surface area contributed by atoms with E-state index >= 15 is 0 Å². The summed E-state index contributed by atoms with van der Waals surface area (Å²) in [4.78, 5) is 21.8. The Morgan fingerprint density at radius 1 is 1.20 bits per heavy atom. The van der Waals surface area contributed by atoms with Gasteiger partial charge in [0.2, 0.25) is 5.91 Å². The predicted molar refractivity (Wildman–Crippen MR) is 98.3 cm³/mol. The van der Waals surface area contributed by atoms with Crippen molar-refractivity contribution in [3.05, 3.63) is 53.6 Å². The van der Waals surface area contributed by atoms with Crippen molar-refractivity contribution in [1.82, 2.24) is 9.97 Å². The number of nitrogens with one attached hydrogen (secondary N) is 1. The fourth-order valence-corrected chi connectivity index (χ4v) is 4.86. The molecule has 0 radical (unpaired) electrons. The minimum Gasteiger partial charge on any atom is -0.324 e. The number of hydrogen-bond donors (Lipinski definition) is 1. The molecule has 2 aromatic heterocycles. The molecule has 0 aliphatic heterocycles. The Balaban J connectivity index is 1.57. The van der Waals surface area contributed by atoms with E-state index in [-0.39, 0.29) is 11.8 Å². The monoisotopic (exact) mass is 335 g/mol. The maximum atomic E-state index is 13.1. The Morgan fingerprint density at radius 3 is 2.76 bits per heavy atom. The van der Waals surface area contributed by atoms with Gasteiger partial charge < -0.3 is 5.32 Å². The smallest absolute Gasteiger partial charge is 0.228 e. The molecular weight excluding hydrogens is 310 g/mol. The Morgan fingerprint density at radius 2 is 2.04 bits per heavy atom. The lowest BCUT2D eigenvalue weighted by Crippen LogP contribution is -2.32. The number of rotatable bonds is 4. The van der Waals surface area contributed by atoms with E-state index in [1.54, 1.807) is 6.20 Å². The number of carbonyl (C=O) groups excluding carboxylic acids is 1. The van der Waals surface area contributed by atoms with Crippen LogP contribution < -0.4 is 5.32 Å². The molecule has 1 N–H and O–H groups in total. The van der Waals surface area contributed by atoms with Crippen molar-refractivity contribution in [2.75, 3.05) is 5.32 Å². The molecule has 2 bridgehead atoms. The number of fused-ring (bicyclic) bond motifs is 2. The number of hydrogen-bond acceptors (Lipinski definition) is 3. The Kier molecular flexibility index (Phi) is 4.28. The second-order valence-corrected chi connectivity index (χ2v) is 7.50. The maximum absolute atomic E-state index is 13.1. The summed E-state index contributed by atoms with van der Waals surface area (Å²) in [6.07, 6.45) is 8.15. The summed E-state index contributed by atoms with van der Waals surface area (Å²) in [5.74, 6) is 1.67. The molecule has 2 aliphatic carbocycles. The van der Waals surface area contributed by atoms with Crippen LogP contribution in [0.15, 0.2) is 36.7 Å². The fraction of sp³-hybridized carbons (Fsp3) is 0.476. The van der Waals surface area contributed by atoms with Crippen molar-refractivity contribution in [3.63, 3.8) is 0 Å². The van der Waals surface area contributed by atoms with Crippen LogP contribution in [0.25, 0.3) is 0 Å². The first-order valence-electron chi connectivity index (χ1n) is 9.34. The van der Waals surface area contributed by atoms with Crippen LogP contribution in [0.2, 0.25) is 0 Å². The number of amides is 1. The van der Waals surface area contributed by atoms with Crippen molar-refractivity contribution in [2.24, 2.45) is 17.8 Å². The number of aromatic nitrogens is 2. The van der Waals surface area contributed by atoms with Crippen LogP contribution in [-0.4, -0.2) is 15.9 Å². The van der Waals surface area contributed by atoms with Crippen LogP contribution in [0.4, 0.5) is 5.69 Å². The van der Waals surface area contributed by atoms with E-state index in [1.807, 2.05) is 25.3 Å². The first kappa shape index (κ1) is 16.2. The van der Waals surface area contributed by atoms with Gasteiger partial charge in [-0.25, -0.2) is 0 Å². The standard InChI is InChI=1S/C21H25N3O/c1-3-17-6-7-18(12-23-17)24-21(25)20-15-5-4-14(11-15)19(20)16-8-9-22-13(2)10-16/h6-10,12,14-15,19-20H,3-5,11H2,1-2H3,(H,24,25). The quantitative estimate of drug-likeness (QED) is 0.914. The van der Waals surface area contributed by atoms with E-state index in [2.05, 4.69) is 34.3 Å². The van der Waals surface area contributed by atoms with E-state index in [0.29, 0.717) is 17.8 Å². The zero-order valence-corrected chi connectivity index (χ0v) is 14.9. The Labute approximate surface area is 149 Å². The first-order valence-corrected chi connectivity index (χ1v) is 9.34. The molecule has 4 unspecified atom stereocenters. The minimum absolute atomic E-state index is 0.0615. The van der Waals surface area contributed by atoms with Crippen molar-refractivity contribution >= 4 is 11.6 Å². The van der Waals surface area contributed by atoms with Crippen LogP contribution in [0.1, 0.15) is 49.1 Å². The van der Waals surface area contributed by atoms with E-state index in [1.165, 1.54) is 24.8 Å². The molecule has 130 valence electrons. The second-order valence-electron chi connectivity index (χ2n) is 7.50. The number of aryl methyl sites for hydroxylation is 2. The number of anilines is 1. The molecule has 0 saturated heterocycles. The van der Waals surface area contributed by atoms with Crippen LogP contribution in [0.3, 0.4) is 0 Å². The van der Waals surface area contributed by atoms with Crippen molar-refractivity contribution in [3.8, 4) is 0 Å². The van der Waals surface area contributed by atoms with Crippen molar-refractivity contribution in [2.45, 2.75) is 45.4 Å². The van der Waals surface area contributed by atoms with Crippen LogP contribution >= 0.6 is 0 Å². The maximum Gasteiger partial charge on any atom is 0.228 e. The van der Waals surface area contributed by atoms with Crippen LogP contribution in [-0.2, 0) is 11.2 Å². The van der Waals surface area contributed by atoms with Gasteiger partial charge in [-0.15, -0.1) is 0 Å². The molecule has 2 fully saturated rings. The Bertz CT molecular complexity index is 771. The molecule has 2 saturated carbocycles. The second kappa shape index (κ2) is 6.58. The van der Waals surface area contributed by atoms with Crippen LogP contribution in [0.5, 0.6) is 0 Å². The van der Waals surface area contributed by atoms with Gasteiger partial charge in [0.15, 0.2) is 0 Å². The average molecular weight is 335 g/mol. The molecule has 25 heavy (non-hydrogen) atoms. The summed E-state index contributed by atoms with van der Waals surface area (Å²) >= 11 is 0. The molecule has 2 heterocycles. The molecular formula is C21H25N3O. The highest BCUT2D eigenvalue weighted by atomic mass is 16.1. The van der Waals surface area contributed by atoms with E-state index < -0.39 is 0 Å². The summed E-state index contributed by atoms with van der Waals surface area (Å²) in [6.45, 7) is 4.10. The van der Waals surface area contributed by atoms with Gasteiger partial charge in [0.1, 0.15) is 0 Å². The molecule has 4 nitrogen and oxygen atoms in total. The topological polar surface area (TPSA) is 54.9 Å². The molecule has 1 amide bonds. The summed E-state index contributed by atoms with van der Waals surface area (Å²) < 4.78 is 0. The summed E-state index contributed by atoms with van der Waals surface area (Å²) in [5, 5.41) is 3.12. The van der Waals surface area contributed by atoms with Gasteiger partial charge in [0.05, 0.1) is 11.9 Å². The average Bonchev–Trinajstić information content (AvgIpc) is 3.23. The molecule has 4 atom stereocenters. The highest BCUT2D eigenvalue weighted by molar-refractivity contribution is 5.93. The predicted octanol–water partition coefficient (Wildman–Crippen LogP) is 4.12. The third-order valence-corrected chi connectivity index (χ3v) is 5.98. The summed E-state index contributed by atoms with van der Waals surface area (Å²) in [6, 6.07) is 8.20. The van der Waals surface area contributed by atoms with Gasteiger partial charge >= 0.3 is 0 Å². The van der Waals surface area contributed by atoms with Gasteiger partial charge in [-0.05, 0) is 80.2 Å². The van der Waals surface area contributed by atoms with Gasteiger partial charge in [-0.1, -0.05) is 6.92 Å². The van der Waals surface area contributed by atoms with E-state index in [4.69, 9.17) is 0 Å². The zero-order valence-electron chi connectivity index (χ0n) is 14.9. The fourth-order valence-electron chi connectivity index (χ4n) is 4.86. The molecule has 0 spiro atoms. The Hall–Kier alpha value is -2.23. The summed E-state index contributed by atoms with van der Waals surface area (Å²) in [7, 11) is 0. The zero-order chi connectivity index (χ0) is 17.4. The SMILES string of the molecule is CCc1ccc(NC(=O)C2C3CCC(C3)C2c2ccnc(C)c2)cn1. The first-order chi connectivity index (χ1) is 12.2. The van der Waals surface area contributed by atoms with Gasteiger partial charge in [-0.2, -0.15) is 0 Å². The number of carbonyl (C=O) groups is 1. The lowest BCUT2D eigenvalue weighted by molar-refractivity contribution is -0.121. The lowest BCUT2D eigenvalue weighted by atomic mass is 9.75. The van der Waals surface area contributed by atoms with E-state index in [9.17, 15) is 4.79 Å². The van der Waals surface area contributed by atoms with Crippen LogP contribution in [0, 0.1) is 24.7 Å². The third-order valence-electron chi connectivity index (χ3n) is 5.98. The van der Waals surface area contributed by atoms with Crippen molar-refractivity contribution in [1.29, 1.82) is 0 Å². The highest BCUT2D eigenvalue weighted by Crippen LogP contribution is 2.56. The molecule has 0 aromatic carbocycles. The molecule has 2 aromatic rings. The van der Waals surface area contributed by atoms with Gasteiger partial charge in [-0.3, -0.25) is 14.8 Å². The third kappa shape index (κ3) is 3.06. The normalized spacial score (nSPS) is 27.4. The highest BCUT2D eigenvalue weighted by Gasteiger charge is 2.51. The molecule has 4 heteroatoms. The molecule has 2 aliphatic rings. The lowest BCUT2D eigenvalue weighted by Gasteiger charge is -2.30.